The molecule has 0 aliphatic carbocycles. The number of aryl methyl sites for hydroxylation is 1. The van der Waals surface area contributed by atoms with Crippen molar-refractivity contribution in [2.24, 2.45) is 11.8 Å². The molecule has 0 bridgehead atoms. The van der Waals surface area contributed by atoms with Gasteiger partial charge >= 0.3 is 5.97 Å². The van der Waals surface area contributed by atoms with Crippen molar-refractivity contribution in [1.82, 2.24) is 10.6 Å². The number of hydrogen-bond acceptors (Lipinski definition) is 4. The molecule has 3 aromatic rings. The zero-order valence-corrected chi connectivity index (χ0v) is 22.2. The molecule has 2 atom stereocenters. The predicted octanol–water partition coefficient (Wildman–Crippen LogP) is 5.19. The Hall–Kier alpha value is -3.67. The average molecular weight is 503 g/mol. The summed E-state index contributed by atoms with van der Waals surface area (Å²) in [5.41, 5.74) is 1.97. The van der Waals surface area contributed by atoms with Crippen molar-refractivity contribution in [2.75, 3.05) is 0 Å². The summed E-state index contributed by atoms with van der Waals surface area (Å²) in [5, 5.41) is 8.00. The Morgan fingerprint density at radius 2 is 1.49 bits per heavy atom. The molecule has 0 aromatic heterocycles. The number of nitrogens with one attached hydrogen (secondary N) is 2. The summed E-state index contributed by atoms with van der Waals surface area (Å²) >= 11 is 0. The van der Waals surface area contributed by atoms with E-state index in [4.69, 9.17) is 4.74 Å². The lowest BCUT2D eigenvalue weighted by molar-refractivity contribution is -0.150. The number of rotatable bonds is 12. The van der Waals surface area contributed by atoms with E-state index in [0.717, 1.165) is 21.9 Å². The van der Waals surface area contributed by atoms with Gasteiger partial charge in [-0.2, -0.15) is 0 Å². The van der Waals surface area contributed by atoms with Gasteiger partial charge in [-0.15, -0.1) is 0 Å². The highest BCUT2D eigenvalue weighted by molar-refractivity contribution is 5.91. The van der Waals surface area contributed by atoms with Crippen LogP contribution < -0.4 is 10.6 Å². The van der Waals surface area contributed by atoms with E-state index in [9.17, 15) is 14.4 Å². The van der Waals surface area contributed by atoms with E-state index in [-0.39, 0.29) is 36.7 Å². The molecule has 6 nitrogen and oxygen atoms in total. The molecule has 0 radical (unpaired) electrons. The van der Waals surface area contributed by atoms with Gasteiger partial charge in [0.05, 0.1) is 0 Å². The van der Waals surface area contributed by atoms with E-state index in [1.54, 1.807) is 0 Å². The molecule has 37 heavy (non-hydrogen) atoms. The summed E-state index contributed by atoms with van der Waals surface area (Å²) in [7, 11) is 0. The van der Waals surface area contributed by atoms with E-state index in [1.807, 2.05) is 82.3 Å². The van der Waals surface area contributed by atoms with Gasteiger partial charge in [0.15, 0.2) is 0 Å². The third-order valence-corrected chi connectivity index (χ3v) is 6.30. The molecular formula is C31H38N2O4. The lowest BCUT2D eigenvalue weighted by Gasteiger charge is -2.25. The van der Waals surface area contributed by atoms with Gasteiger partial charge in [-0.1, -0.05) is 100 Å². The second-order valence-electron chi connectivity index (χ2n) is 10.2. The van der Waals surface area contributed by atoms with Gasteiger partial charge in [-0.3, -0.25) is 9.59 Å². The molecule has 0 fully saturated rings. The number of carbonyl (C=O) groups is 3. The summed E-state index contributed by atoms with van der Waals surface area (Å²) < 4.78 is 5.48. The first-order valence-corrected chi connectivity index (χ1v) is 13.0. The van der Waals surface area contributed by atoms with E-state index in [0.29, 0.717) is 12.8 Å². The zero-order chi connectivity index (χ0) is 26.8. The molecule has 3 rings (SSSR count). The highest BCUT2D eigenvalue weighted by Crippen LogP contribution is 2.20. The van der Waals surface area contributed by atoms with Gasteiger partial charge in [0.25, 0.3) is 0 Å². The SMILES string of the molecule is CC(C)CC(NC(=O)CCc1cccc2ccccc12)C(=O)NC(C(=O)OCc1ccccc1)C(C)C. The molecule has 3 aromatic carbocycles. The van der Waals surface area contributed by atoms with Crippen molar-refractivity contribution < 1.29 is 19.1 Å². The van der Waals surface area contributed by atoms with Crippen LogP contribution in [-0.2, 0) is 32.1 Å². The van der Waals surface area contributed by atoms with Crippen molar-refractivity contribution in [3.63, 3.8) is 0 Å². The van der Waals surface area contributed by atoms with Crippen molar-refractivity contribution >= 4 is 28.6 Å². The van der Waals surface area contributed by atoms with Crippen LogP contribution in [0.5, 0.6) is 0 Å². The molecule has 6 heteroatoms. The van der Waals surface area contributed by atoms with Crippen LogP contribution in [0.2, 0.25) is 0 Å². The number of fused-ring (bicyclic) bond motifs is 1. The van der Waals surface area contributed by atoms with Crippen molar-refractivity contribution in [3.8, 4) is 0 Å². The van der Waals surface area contributed by atoms with Crippen LogP contribution in [0.3, 0.4) is 0 Å². The third-order valence-electron chi connectivity index (χ3n) is 6.30. The lowest BCUT2D eigenvalue weighted by atomic mass is 9.99. The van der Waals surface area contributed by atoms with Crippen LogP contribution in [0.25, 0.3) is 10.8 Å². The van der Waals surface area contributed by atoms with E-state index >= 15 is 0 Å². The Kier molecular flexibility index (Phi) is 10.2. The van der Waals surface area contributed by atoms with Gasteiger partial charge in [0, 0.05) is 6.42 Å². The van der Waals surface area contributed by atoms with Gasteiger partial charge in [-0.05, 0) is 46.6 Å². The fourth-order valence-electron chi connectivity index (χ4n) is 4.30. The number of amides is 2. The van der Waals surface area contributed by atoms with Gasteiger partial charge < -0.3 is 15.4 Å². The minimum Gasteiger partial charge on any atom is -0.459 e. The second kappa shape index (κ2) is 13.6. The van der Waals surface area contributed by atoms with Crippen LogP contribution in [0, 0.1) is 11.8 Å². The Morgan fingerprint density at radius 1 is 0.811 bits per heavy atom. The molecular weight excluding hydrogens is 464 g/mol. The molecule has 0 heterocycles. The molecule has 0 aliphatic heterocycles. The van der Waals surface area contributed by atoms with Crippen LogP contribution >= 0.6 is 0 Å². The standard InChI is InChI=1S/C31H38N2O4/c1-21(2)19-27(32-28(34)18-17-25-15-10-14-24-13-8-9-16-26(24)25)30(35)33-29(22(3)4)31(36)37-20-23-11-6-5-7-12-23/h5-16,21-22,27,29H,17-20H2,1-4H3,(H,32,34)(H,33,35). The molecule has 0 aliphatic rings. The Morgan fingerprint density at radius 3 is 2.19 bits per heavy atom. The quantitative estimate of drug-likeness (QED) is 0.334. The summed E-state index contributed by atoms with van der Waals surface area (Å²) in [5.74, 6) is -1.05. The molecule has 0 saturated carbocycles. The normalized spacial score (nSPS) is 12.8. The van der Waals surface area contributed by atoms with Crippen LogP contribution in [0.15, 0.2) is 72.8 Å². The van der Waals surface area contributed by atoms with Crippen molar-refractivity contribution in [2.45, 2.75) is 65.6 Å². The van der Waals surface area contributed by atoms with E-state index < -0.39 is 18.1 Å². The monoisotopic (exact) mass is 502 g/mol. The molecule has 0 saturated heterocycles. The first kappa shape index (κ1) is 27.9. The Labute approximate surface area is 219 Å². The number of ether oxygens (including phenoxy) is 1. The maximum absolute atomic E-state index is 13.2. The third kappa shape index (κ3) is 8.45. The maximum Gasteiger partial charge on any atom is 0.329 e. The van der Waals surface area contributed by atoms with Gasteiger partial charge in [0.1, 0.15) is 18.7 Å². The van der Waals surface area contributed by atoms with E-state index in [2.05, 4.69) is 28.8 Å². The number of carbonyl (C=O) groups excluding carboxylic acids is 3. The van der Waals surface area contributed by atoms with Gasteiger partial charge in [-0.25, -0.2) is 4.79 Å². The molecule has 196 valence electrons. The van der Waals surface area contributed by atoms with Crippen molar-refractivity contribution in [3.05, 3.63) is 83.9 Å². The molecule has 2 unspecified atom stereocenters. The average Bonchev–Trinajstić information content (AvgIpc) is 2.88. The summed E-state index contributed by atoms with van der Waals surface area (Å²) in [6, 6.07) is 22.0. The number of esters is 1. The fraction of sp³-hybridized carbons (Fsp3) is 0.387. The van der Waals surface area contributed by atoms with Crippen LogP contribution in [0.1, 0.15) is 51.7 Å². The minimum atomic E-state index is -0.807. The topological polar surface area (TPSA) is 84.5 Å². The van der Waals surface area contributed by atoms with Gasteiger partial charge in [0.2, 0.25) is 11.8 Å². The number of benzene rings is 3. The smallest absolute Gasteiger partial charge is 0.329 e. The number of hydrogen-bond donors (Lipinski definition) is 2. The van der Waals surface area contributed by atoms with E-state index in [1.165, 1.54) is 0 Å². The lowest BCUT2D eigenvalue weighted by Crippen LogP contribution is -2.53. The maximum atomic E-state index is 13.2. The summed E-state index contributed by atoms with van der Waals surface area (Å²) in [6.07, 6.45) is 1.31. The van der Waals surface area contributed by atoms with Crippen molar-refractivity contribution in [1.29, 1.82) is 0 Å². The fourth-order valence-corrected chi connectivity index (χ4v) is 4.30. The second-order valence-corrected chi connectivity index (χ2v) is 10.2. The van der Waals surface area contributed by atoms with Crippen LogP contribution in [-0.4, -0.2) is 29.9 Å². The predicted molar refractivity (Wildman–Crippen MR) is 147 cm³/mol. The molecule has 0 spiro atoms. The first-order valence-electron chi connectivity index (χ1n) is 13.0. The zero-order valence-electron chi connectivity index (χ0n) is 22.2. The Balaban J connectivity index is 1.61. The minimum absolute atomic E-state index is 0.138. The Bertz CT molecular complexity index is 1180. The largest absolute Gasteiger partial charge is 0.459 e. The summed E-state index contributed by atoms with van der Waals surface area (Å²) in [4.78, 5) is 38.9. The molecule has 2 amide bonds. The highest BCUT2D eigenvalue weighted by Gasteiger charge is 2.30. The van der Waals surface area contributed by atoms with Crippen LogP contribution in [0.4, 0.5) is 0 Å². The molecule has 2 N–H and O–H groups in total. The highest BCUT2D eigenvalue weighted by atomic mass is 16.5. The first-order chi connectivity index (χ1) is 17.7. The summed E-state index contributed by atoms with van der Waals surface area (Å²) in [6.45, 7) is 7.84.